The molecule has 2 aromatic heterocycles. The molecular formula is C9H8BrN3O. The molecule has 0 radical (unpaired) electrons. The number of hydrogen-bond donors (Lipinski definition) is 1. The molecule has 0 amide bonds. The number of carbonyl (C=O) groups excluding carboxylic acids is 1. The molecule has 0 spiro atoms. The van der Waals surface area contributed by atoms with Crippen LogP contribution in [-0.4, -0.2) is 21.7 Å². The van der Waals surface area contributed by atoms with Crippen molar-refractivity contribution in [1.29, 1.82) is 0 Å². The second kappa shape index (κ2) is 3.51. The fourth-order valence-corrected chi connectivity index (χ4v) is 1.64. The largest absolute Gasteiger partial charge is 0.324 e. The number of rotatable bonds is 2. The van der Waals surface area contributed by atoms with Crippen molar-refractivity contribution in [3.8, 4) is 0 Å². The number of fused-ring (bicyclic) bond motifs is 1. The Morgan fingerprint density at radius 3 is 3.14 bits per heavy atom. The van der Waals surface area contributed by atoms with E-state index in [1.165, 1.54) is 0 Å². The van der Waals surface area contributed by atoms with Crippen LogP contribution in [0.2, 0.25) is 0 Å². The van der Waals surface area contributed by atoms with E-state index in [0.29, 0.717) is 5.56 Å². The zero-order valence-electron chi connectivity index (χ0n) is 7.27. The summed E-state index contributed by atoms with van der Waals surface area (Å²) in [4.78, 5) is 15.4. The average molecular weight is 254 g/mol. The fourth-order valence-electron chi connectivity index (χ4n) is 1.24. The van der Waals surface area contributed by atoms with Crippen molar-refractivity contribution in [1.82, 2.24) is 9.38 Å². The maximum Gasteiger partial charge on any atom is 0.176 e. The first-order valence-corrected chi connectivity index (χ1v) is 4.87. The Morgan fingerprint density at radius 1 is 1.64 bits per heavy atom. The van der Waals surface area contributed by atoms with E-state index in [9.17, 15) is 4.79 Å². The zero-order valence-corrected chi connectivity index (χ0v) is 8.86. The molecule has 0 aliphatic rings. The predicted octanol–water partition coefficient (Wildman–Crippen LogP) is 1.24. The lowest BCUT2D eigenvalue weighted by Crippen LogP contribution is -2.13. The predicted molar refractivity (Wildman–Crippen MR) is 56.3 cm³/mol. The molecule has 5 heteroatoms. The highest BCUT2D eigenvalue weighted by Crippen LogP contribution is 2.14. The molecule has 0 atom stereocenters. The van der Waals surface area contributed by atoms with E-state index in [1.807, 2.05) is 4.40 Å². The van der Waals surface area contributed by atoms with Crippen molar-refractivity contribution in [3.63, 3.8) is 0 Å². The molecule has 14 heavy (non-hydrogen) atoms. The van der Waals surface area contributed by atoms with Crippen molar-refractivity contribution in [2.45, 2.75) is 0 Å². The van der Waals surface area contributed by atoms with Crippen LogP contribution in [0.25, 0.3) is 5.65 Å². The second-order valence-corrected chi connectivity index (χ2v) is 3.66. The summed E-state index contributed by atoms with van der Waals surface area (Å²) in [5.41, 5.74) is 6.60. The first-order valence-electron chi connectivity index (χ1n) is 4.08. The lowest BCUT2D eigenvalue weighted by molar-refractivity contribution is 0.100. The van der Waals surface area contributed by atoms with Gasteiger partial charge in [0.05, 0.1) is 12.7 Å². The SMILES string of the molecule is NCC(=O)c1ccn2c(Br)cnc2c1. The topological polar surface area (TPSA) is 60.4 Å². The molecule has 0 aliphatic heterocycles. The summed E-state index contributed by atoms with van der Waals surface area (Å²) < 4.78 is 2.70. The van der Waals surface area contributed by atoms with E-state index in [1.54, 1.807) is 24.5 Å². The molecule has 2 heterocycles. The van der Waals surface area contributed by atoms with Gasteiger partial charge in [0.2, 0.25) is 0 Å². The molecule has 2 rings (SSSR count). The second-order valence-electron chi connectivity index (χ2n) is 2.85. The lowest BCUT2D eigenvalue weighted by Gasteiger charge is -1.99. The van der Waals surface area contributed by atoms with Gasteiger partial charge in [0.1, 0.15) is 10.3 Å². The van der Waals surface area contributed by atoms with Crippen LogP contribution in [-0.2, 0) is 0 Å². The minimum Gasteiger partial charge on any atom is -0.324 e. The summed E-state index contributed by atoms with van der Waals surface area (Å²) in [7, 11) is 0. The standard InChI is InChI=1S/C9H8BrN3O/c10-8-5-12-9-3-6(7(14)4-11)1-2-13(8)9/h1-3,5H,4,11H2. The van der Waals surface area contributed by atoms with E-state index in [2.05, 4.69) is 20.9 Å². The van der Waals surface area contributed by atoms with Crippen LogP contribution in [0.1, 0.15) is 10.4 Å². The van der Waals surface area contributed by atoms with Crippen LogP contribution in [0.5, 0.6) is 0 Å². The van der Waals surface area contributed by atoms with Crippen LogP contribution in [0.15, 0.2) is 29.1 Å². The van der Waals surface area contributed by atoms with Gasteiger partial charge in [0, 0.05) is 11.8 Å². The summed E-state index contributed by atoms with van der Waals surface area (Å²) in [5, 5.41) is 0. The Kier molecular flexibility index (Phi) is 2.35. The Balaban J connectivity index is 2.57. The van der Waals surface area contributed by atoms with E-state index < -0.39 is 0 Å². The number of pyridine rings is 1. The summed E-state index contributed by atoms with van der Waals surface area (Å²) in [6.45, 7) is 0.0258. The monoisotopic (exact) mass is 253 g/mol. The number of imidazole rings is 1. The molecule has 0 unspecified atom stereocenters. The highest BCUT2D eigenvalue weighted by Gasteiger charge is 2.06. The Labute approximate surface area is 88.9 Å². The third-order valence-electron chi connectivity index (χ3n) is 1.98. The first kappa shape index (κ1) is 9.36. The number of nitrogens with zero attached hydrogens (tertiary/aromatic N) is 2. The molecule has 4 nitrogen and oxygen atoms in total. The highest BCUT2D eigenvalue weighted by atomic mass is 79.9. The molecule has 72 valence electrons. The van der Waals surface area contributed by atoms with Crippen molar-refractivity contribution >= 4 is 27.4 Å². The highest BCUT2D eigenvalue weighted by molar-refractivity contribution is 9.10. The van der Waals surface area contributed by atoms with Crippen LogP contribution >= 0.6 is 15.9 Å². The Bertz CT molecular complexity index is 492. The van der Waals surface area contributed by atoms with Gasteiger partial charge in [-0.3, -0.25) is 9.20 Å². The van der Waals surface area contributed by atoms with Gasteiger partial charge in [-0.2, -0.15) is 0 Å². The summed E-state index contributed by atoms with van der Waals surface area (Å²) in [6.07, 6.45) is 3.47. The Hall–Kier alpha value is -1.20. The molecule has 0 fully saturated rings. The zero-order chi connectivity index (χ0) is 10.1. The normalized spacial score (nSPS) is 10.7. The molecule has 2 N–H and O–H groups in total. The van der Waals surface area contributed by atoms with Crippen molar-refractivity contribution < 1.29 is 4.79 Å². The van der Waals surface area contributed by atoms with Gasteiger partial charge in [-0.05, 0) is 28.1 Å². The summed E-state index contributed by atoms with van der Waals surface area (Å²) in [6, 6.07) is 3.45. The first-order chi connectivity index (χ1) is 6.72. The molecule has 0 bridgehead atoms. The van der Waals surface area contributed by atoms with E-state index in [0.717, 1.165) is 10.3 Å². The van der Waals surface area contributed by atoms with Crippen LogP contribution in [0.4, 0.5) is 0 Å². The Morgan fingerprint density at radius 2 is 2.43 bits per heavy atom. The number of ketones is 1. The van der Waals surface area contributed by atoms with Gasteiger partial charge >= 0.3 is 0 Å². The van der Waals surface area contributed by atoms with Gasteiger partial charge in [0.15, 0.2) is 5.78 Å². The average Bonchev–Trinajstić information content (AvgIpc) is 2.59. The summed E-state index contributed by atoms with van der Waals surface area (Å²) >= 11 is 3.34. The minimum atomic E-state index is -0.0772. The van der Waals surface area contributed by atoms with Gasteiger partial charge in [-0.15, -0.1) is 0 Å². The van der Waals surface area contributed by atoms with Gasteiger partial charge < -0.3 is 5.73 Å². The molecule has 2 aromatic rings. The molecule has 0 saturated heterocycles. The van der Waals surface area contributed by atoms with Gasteiger partial charge in [-0.25, -0.2) is 4.98 Å². The third-order valence-corrected chi connectivity index (χ3v) is 2.56. The van der Waals surface area contributed by atoms with Crippen LogP contribution in [0, 0.1) is 0 Å². The maximum atomic E-state index is 11.3. The van der Waals surface area contributed by atoms with Crippen LogP contribution in [0.3, 0.4) is 0 Å². The number of nitrogens with two attached hydrogens (primary N) is 1. The van der Waals surface area contributed by atoms with Crippen LogP contribution < -0.4 is 5.73 Å². The number of halogens is 1. The van der Waals surface area contributed by atoms with Crippen molar-refractivity contribution in [2.24, 2.45) is 5.73 Å². The number of hydrogen-bond acceptors (Lipinski definition) is 3. The lowest BCUT2D eigenvalue weighted by atomic mass is 10.2. The molecule has 0 aromatic carbocycles. The van der Waals surface area contributed by atoms with Gasteiger partial charge in [0.25, 0.3) is 0 Å². The summed E-state index contributed by atoms with van der Waals surface area (Å²) in [5.74, 6) is -0.0772. The number of Topliss-reactive ketones (excluding diaryl/α,β-unsaturated/α-hetero) is 1. The van der Waals surface area contributed by atoms with Crippen molar-refractivity contribution in [3.05, 3.63) is 34.7 Å². The number of aromatic nitrogens is 2. The molecule has 0 aliphatic carbocycles. The maximum absolute atomic E-state index is 11.3. The third kappa shape index (κ3) is 1.44. The fraction of sp³-hybridized carbons (Fsp3) is 0.111. The minimum absolute atomic E-state index is 0.0258. The molecule has 0 saturated carbocycles. The quantitative estimate of drug-likeness (QED) is 0.820. The van der Waals surface area contributed by atoms with E-state index >= 15 is 0 Å². The van der Waals surface area contributed by atoms with Gasteiger partial charge in [-0.1, -0.05) is 0 Å². The van der Waals surface area contributed by atoms with Crippen molar-refractivity contribution in [2.75, 3.05) is 6.54 Å². The molecular weight excluding hydrogens is 246 g/mol. The van der Waals surface area contributed by atoms with E-state index in [-0.39, 0.29) is 12.3 Å². The number of carbonyl (C=O) groups is 1. The van der Waals surface area contributed by atoms with E-state index in [4.69, 9.17) is 5.73 Å². The smallest absolute Gasteiger partial charge is 0.176 e.